The highest BCUT2D eigenvalue weighted by atomic mass is 32.2. The molecule has 0 N–H and O–H groups in total. The van der Waals surface area contributed by atoms with Crippen molar-refractivity contribution in [2.24, 2.45) is 0 Å². The van der Waals surface area contributed by atoms with Crippen molar-refractivity contribution in [2.45, 2.75) is 38.8 Å². The van der Waals surface area contributed by atoms with Gasteiger partial charge in [0.2, 0.25) is 0 Å². The summed E-state index contributed by atoms with van der Waals surface area (Å²) >= 11 is 0. The molecule has 7 heteroatoms. The van der Waals surface area contributed by atoms with Gasteiger partial charge in [-0.15, -0.1) is 0 Å². The van der Waals surface area contributed by atoms with Crippen LogP contribution in [0, 0.1) is 5.82 Å². The van der Waals surface area contributed by atoms with Gasteiger partial charge in [0.05, 0.1) is 18.1 Å². The standard InChI is InChI=1S/C22H26FNO4S/c1-2-3-12-28-21-9-7-18(8-10-21)22(25)24(20-11-13-29(26,27)16-20)15-17-5-4-6-19(23)14-17/h4-10,14,20H,2-3,11-13,15-16H2,1H3/t20-/m1/s1. The molecule has 1 fully saturated rings. The topological polar surface area (TPSA) is 63.7 Å². The van der Waals surface area contributed by atoms with Gasteiger partial charge in [-0.1, -0.05) is 25.5 Å². The summed E-state index contributed by atoms with van der Waals surface area (Å²) in [4.78, 5) is 14.7. The van der Waals surface area contributed by atoms with Crippen molar-refractivity contribution in [3.05, 3.63) is 65.5 Å². The number of sulfone groups is 1. The summed E-state index contributed by atoms with van der Waals surface area (Å²) in [5, 5.41) is 0. The quantitative estimate of drug-likeness (QED) is 0.610. The third kappa shape index (κ3) is 5.79. The van der Waals surface area contributed by atoms with Crippen molar-refractivity contribution in [1.82, 2.24) is 4.90 Å². The minimum absolute atomic E-state index is 0.0632. The molecule has 0 aromatic heterocycles. The second-order valence-electron chi connectivity index (χ2n) is 7.35. The van der Waals surface area contributed by atoms with Crippen molar-refractivity contribution >= 4 is 15.7 Å². The molecule has 156 valence electrons. The average Bonchev–Trinajstić information content (AvgIpc) is 3.06. The number of carbonyl (C=O) groups is 1. The molecule has 0 saturated carbocycles. The van der Waals surface area contributed by atoms with E-state index in [4.69, 9.17) is 4.74 Å². The summed E-state index contributed by atoms with van der Waals surface area (Å²) < 4.78 is 43.2. The molecule has 1 saturated heterocycles. The number of benzene rings is 2. The van der Waals surface area contributed by atoms with Crippen LogP contribution in [0.25, 0.3) is 0 Å². The zero-order valence-electron chi connectivity index (χ0n) is 16.5. The first kappa shape index (κ1) is 21.3. The number of carbonyl (C=O) groups excluding carboxylic acids is 1. The minimum Gasteiger partial charge on any atom is -0.494 e. The molecule has 2 aromatic rings. The van der Waals surface area contributed by atoms with Crippen LogP contribution in [0.2, 0.25) is 0 Å². The van der Waals surface area contributed by atoms with Gasteiger partial charge in [-0.25, -0.2) is 12.8 Å². The largest absolute Gasteiger partial charge is 0.494 e. The maximum atomic E-state index is 13.6. The van der Waals surface area contributed by atoms with E-state index in [1.54, 1.807) is 41.3 Å². The van der Waals surface area contributed by atoms with Crippen LogP contribution < -0.4 is 4.74 Å². The maximum absolute atomic E-state index is 13.6. The summed E-state index contributed by atoms with van der Waals surface area (Å²) in [6, 6.07) is 12.5. The third-order valence-corrected chi connectivity index (χ3v) is 6.77. The van der Waals surface area contributed by atoms with Crippen LogP contribution >= 0.6 is 0 Å². The smallest absolute Gasteiger partial charge is 0.254 e. The lowest BCUT2D eigenvalue weighted by Crippen LogP contribution is -2.40. The van der Waals surface area contributed by atoms with E-state index in [-0.39, 0.29) is 29.8 Å². The van der Waals surface area contributed by atoms with Crippen molar-refractivity contribution in [2.75, 3.05) is 18.1 Å². The van der Waals surface area contributed by atoms with E-state index in [2.05, 4.69) is 6.92 Å². The van der Waals surface area contributed by atoms with Crippen LogP contribution in [0.4, 0.5) is 4.39 Å². The fourth-order valence-electron chi connectivity index (χ4n) is 3.41. The first-order valence-corrected chi connectivity index (χ1v) is 11.7. The lowest BCUT2D eigenvalue weighted by atomic mass is 10.1. The van der Waals surface area contributed by atoms with Crippen molar-refractivity contribution in [1.29, 1.82) is 0 Å². The Labute approximate surface area is 171 Å². The summed E-state index contributed by atoms with van der Waals surface area (Å²) in [7, 11) is -3.16. The Kier molecular flexibility index (Phi) is 6.90. The van der Waals surface area contributed by atoms with Gasteiger partial charge < -0.3 is 9.64 Å². The van der Waals surface area contributed by atoms with Crippen molar-refractivity contribution in [3.63, 3.8) is 0 Å². The third-order valence-electron chi connectivity index (χ3n) is 5.02. The average molecular weight is 420 g/mol. The Bertz CT molecular complexity index is 944. The molecule has 1 aliphatic rings. The molecule has 0 unspecified atom stereocenters. The van der Waals surface area contributed by atoms with Crippen LogP contribution in [-0.2, 0) is 16.4 Å². The summed E-state index contributed by atoms with van der Waals surface area (Å²) in [6.07, 6.45) is 2.38. The highest BCUT2D eigenvalue weighted by Gasteiger charge is 2.35. The molecule has 1 atom stereocenters. The van der Waals surface area contributed by atoms with Gasteiger partial charge in [-0.3, -0.25) is 4.79 Å². The molecule has 29 heavy (non-hydrogen) atoms. The van der Waals surface area contributed by atoms with Crippen LogP contribution in [0.3, 0.4) is 0 Å². The number of nitrogens with zero attached hydrogens (tertiary/aromatic N) is 1. The van der Waals surface area contributed by atoms with E-state index in [0.717, 1.165) is 12.8 Å². The van der Waals surface area contributed by atoms with Crippen LogP contribution in [-0.4, -0.2) is 43.4 Å². The fourth-order valence-corrected chi connectivity index (χ4v) is 5.14. The zero-order valence-corrected chi connectivity index (χ0v) is 17.3. The Hall–Kier alpha value is -2.41. The Morgan fingerprint density at radius 3 is 2.59 bits per heavy atom. The number of ether oxygens (including phenoxy) is 1. The first-order chi connectivity index (χ1) is 13.9. The van der Waals surface area contributed by atoms with Crippen molar-refractivity contribution in [3.8, 4) is 5.75 Å². The number of amides is 1. The fraction of sp³-hybridized carbons (Fsp3) is 0.409. The Morgan fingerprint density at radius 2 is 1.97 bits per heavy atom. The minimum atomic E-state index is -3.16. The number of unbranched alkanes of at least 4 members (excludes halogenated alkanes) is 1. The van der Waals surface area contributed by atoms with Crippen LogP contribution in [0.15, 0.2) is 48.5 Å². The molecule has 5 nitrogen and oxygen atoms in total. The van der Waals surface area contributed by atoms with Gasteiger partial charge >= 0.3 is 0 Å². The SMILES string of the molecule is CCCCOc1ccc(C(=O)N(Cc2cccc(F)c2)[C@@H]2CCS(=O)(=O)C2)cc1. The number of rotatable bonds is 8. The molecule has 1 aliphatic heterocycles. The van der Waals surface area contributed by atoms with Gasteiger partial charge in [-0.2, -0.15) is 0 Å². The molecule has 1 amide bonds. The highest BCUT2D eigenvalue weighted by Crippen LogP contribution is 2.23. The summed E-state index contributed by atoms with van der Waals surface area (Å²) in [5.41, 5.74) is 1.08. The van der Waals surface area contributed by atoms with E-state index in [1.165, 1.54) is 12.1 Å². The van der Waals surface area contributed by atoms with Gasteiger partial charge in [-0.05, 0) is 54.8 Å². The second kappa shape index (κ2) is 9.39. The summed E-state index contributed by atoms with van der Waals surface area (Å²) in [6.45, 7) is 2.86. The van der Waals surface area contributed by atoms with Gasteiger partial charge in [0.25, 0.3) is 5.91 Å². The van der Waals surface area contributed by atoms with E-state index < -0.39 is 15.9 Å². The molecule has 1 heterocycles. The van der Waals surface area contributed by atoms with Crippen molar-refractivity contribution < 1.29 is 22.3 Å². The Balaban J connectivity index is 1.80. The van der Waals surface area contributed by atoms with Gasteiger partial charge in [0.1, 0.15) is 11.6 Å². The maximum Gasteiger partial charge on any atom is 0.254 e. The lowest BCUT2D eigenvalue weighted by Gasteiger charge is -2.28. The lowest BCUT2D eigenvalue weighted by molar-refractivity contribution is 0.0680. The summed E-state index contributed by atoms with van der Waals surface area (Å²) in [5.74, 6) is 0.0373. The van der Waals surface area contributed by atoms with E-state index in [0.29, 0.717) is 29.9 Å². The molecule has 3 rings (SSSR count). The van der Waals surface area contributed by atoms with Gasteiger partial charge in [0.15, 0.2) is 9.84 Å². The normalized spacial score (nSPS) is 17.8. The zero-order chi connectivity index (χ0) is 20.9. The highest BCUT2D eigenvalue weighted by molar-refractivity contribution is 7.91. The Morgan fingerprint density at radius 1 is 1.21 bits per heavy atom. The molecule has 0 bridgehead atoms. The molecule has 0 radical (unpaired) electrons. The molecule has 0 aliphatic carbocycles. The van der Waals surface area contributed by atoms with E-state index in [9.17, 15) is 17.6 Å². The number of halogens is 1. The number of hydrogen-bond donors (Lipinski definition) is 0. The second-order valence-corrected chi connectivity index (χ2v) is 9.57. The molecule has 0 spiro atoms. The molecular formula is C22H26FNO4S. The van der Waals surface area contributed by atoms with Crippen LogP contribution in [0.1, 0.15) is 42.1 Å². The molecule has 2 aromatic carbocycles. The monoisotopic (exact) mass is 419 g/mol. The van der Waals surface area contributed by atoms with E-state index in [1.807, 2.05) is 0 Å². The predicted octanol–water partition coefficient (Wildman–Crippen LogP) is 3.83. The van der Waals surface area contributed by atoms with E-state index >= 15 is 0 Å². The van der Waals surface area contributed by atoms with Crippen LogP contribution in [0.5, 0.6) is 5.75 Å². The van der Waals surface area contributed by atoms with Gasteiger partial charge in [0, 0.05) is 18.2 Å². The molecular weight excluding hydrogens is 393 g/mol. The first-order valence-electron chi connectivity index (χ1n) is 9.86. The predicted molar refractivity (Wildman–Crippen MR) is 110 cm³/mol. The number of hydrogen-bond acceptors (Lipinski definition) is 4.